The van der Waals surface area contributed by atoms with Crippen LogP contribution in [0.3, 0.4) is 0 Å². The minimum atomic E-state index is -0.666. The number of hydrogen-bond acceptors (Lipinski definition) is 4. The summed E-state index contributed by atoms with van der Waals surface area (Å²) in [6, 6.07) is 0. The van der Waals surface area contributed by atoms with E-state index in [1.54, 1.807) is 4.90 Å². The summed E-state index contributed by atoms with van der Waals surface area (Å²) in [6.07, 6.45) is 6.41. The molecule has 0 aromatic carbocycles. The van der Waals surface area contributed by atoms with Gasteiger partial charge < -0.3 is 15.0 Å². The topological polar surface area (TPSA) is 61.9 Å². The van der Waals surface area contributed by atoms with Crippen LogP contribution >= 0.6 is 0 Å². The summed E-state index contributed by atoms with van der Waals surface area (Å²) in [6.45, 7) is 4.45. The SMILES string of the molecule is CCCCCCCCNC(=O)O[C@H]1CCN(CC#CCN(C)C)C1=O. The summed E-state index contributed by atoms with van der Waals surface area (Å²) in [5.41, 5.74) is 0. The van der Waals surface area contributed by atoms with Gasteiger partial charge in [-0.15, -0.1) is 0 Å². The zero-order chi connectivity index (χ0) is 18.5. The second-order valence-electron chi connectivity index (χ2n) is 6.73. The molecule has 1 saturated heterocycles. The van der Waals surface area contributed by atoms with Crippen molar-refractivity contribution in [3.63, 3.8) is 0 Å². The van der Waals surface area contributed by atoms with E-state index in [1.807, 2.05) is 19.0 Å². The van der Waals surface area contributed by atoms with Crippen LogP contribution in [-0.2, 0) is 9.53 Å². The van der Waals surface area contributed by atoms with Crippen molar-refractivity contribution in [3.8, 4) is 11.8 Å². The highest BCUT2D eigenvalue weighted by Gasteiger charge is 2.34. The minimum Gasteiger partial charge on any atom is -0.436 e. The predicted octanol–water partition coefficient (Wildman–Crippen LogP) is 2.24. The van der Waals surface area contributed by atoms with Gasteiger partial charge >= 0.3 is 6.09 Å². The van der Waals surface area contributed by atoms with Crippen LogP contribution in [0.5, 0.6) is 0 Å². The lowest BCUT2D eigenvalue weighted by molar-refractivity contribution is -0.134. The lowest BCUT2D eigenvalue weighted by atomic mass is 10.1. The monoisotopic (exact) mass is 351 g/mol. The summed E-state index contributed by atoms with van der Waals surface area (Å²) in [5.74, 6) is 5.84. The molecule has 6 heteroatoms. The highest BCUT2D eigenvalue weighted by atomic mass is 16.6. The molecule has 0 spiro atoms. The van der Waals surface area contributed by atoms with Gasteiger partial charge in [-0.2, -0.15) is 0 Å². The van der Waals surface area contributed by atoms with Crippen LogP contribution in [-0.4, -0.2) is 68.2 Å². The second-order valence-corrected chi connectivity index (χ2v) is 6.73. The molecule has 0 aliphatic carbocycles. The van der Waals surface area contributed by atoms with Crippen molar-refractivity contribution in [2.75, 3.05) is 40.3 Å². The number of carbonyl (C=O) groups is 2. The fourth-order valence-electron chi connectivity index (χ4n) is 2.61. The number of rotatable bonds is 10. The quantitative estimate of drug-likeness (QED) is 0.484. The van der Waals surface area contributed by atoms with E-state index >= 15 is 0 Å². The molecule has 25 heavy (non-hydrogen) atoms. The van der Waals surface area contributed by atoms with E-state index in [4.69, 9.17) is 4.74 Å². The third-order valence-corrected chi connectivity index (χ3v) is 4.09. The van der Waals surface area contributed by atoms with Gasteiger partial charge in [0.1, 0.15) is 0 Å². The molecule has 0 radical (unpaired) electrons. The molecular weight excluding hydrogens is 318 g/mol. The average Bonchev–Trinajstić information content (AvgIpc) is 2.91. The Morgan fingerprint density at radius 2 is 1.96 bits per heavy atom. The van der Waals surface area contributed by atoms with Gasteiger partial charge in [0.25, 0.3) is 5.91 Å². The third kappa shape index (κ3) is 9.35. The molecule has 0 saturated carbocycles. The van der Waals surface area contributed by atoms with Crippen LogP contribution in [0.2, 0.25) is 0 Å². The molecule has 1 heterocycles. The van der Waals surface area contributed by atoms with Crippen molar-refractivity contribution in [1.29, 1.82) is 0 Å². The van der Waals surface area contributed by atoms with Crippen molar-refractivity contribution in [2.45, 2.75) is 58.0 Å². The Balaban J connectivity index is 2.16. The molecule has 6 nitrogen and oxygen atoms in total. The fraction of sp³-hybridized carbons (Fsp3) is 0.789. The molecular formula is C19H33N3O3. The van der Waals surface area contributed by atoms with Gasteiger partial charge in [-0.25, -0.2) is 4.79 Å². The van der Waals surface area contributed by atoms with Crippen molar-refractivity contribution in [3.05, 3.63) is 0 Å². The Morgan fingerprint density at radius 1 is 1.24 bits per heavy atom. The summed E-state index contributed by atoms with van der Waals surface area (Å²) in [4.78, 5) is 27.6. The zero-order valence-electron chi connectivity index (χ0n) is 16.0. The van der Waals surface area contributed by atoms with Crippen molar-refractivity contribution in [1.82, 2.24) is 15.1 Å². The summed E-state index contributed by atoms with van der Waals surface area (Å²) in [7, 11) is 3.90. The van der Waals surface area contributed by atoms with Crippen LogP contribution < -0.4 is 5.32 Å². The second kappa shape index (κ2) is 12.6. The molecule has 1 aliphatic heterocycles. The Kier molecular flexibility index (Phi) is 10.7. The van der Waals surface area contributed by atoms with Crippen LogP contribution in [0.25, 0.3) is 0 Å². The number of hydrogen-bond donors (Lipinski definition) is 1. The van der Waals surface area contributed by atoms with Crippen LogP contribution in [0, 0.1) is 11.8 Å². The summed E-state index contributed by atoms with van der Waals surface area (Å²) < 4.78 is 5.25. The van der Waals surface area contributed by atoms with Gasteiger partial charge in [-0.3, -0.25) is 9.69 Å². The maximum atomic E-state index is 12.2. The van der Waals surface area contributed by atoms with Crippen LogP contribution in [0.1, 0.15) is 51.9 Å². The molecule has 0 bridgehead atoms. The number of likely N-dealkylation sites (tertiary alicyclic amines) is 1. The predicted molar refractivity (Wildman–Crippen MR) is 99.2 cm³/mol. The first-order valence-corrected chi connectivity index (χ1v) is 9.38. The molecule has 142 valence electrons. The van der Waals surface area contributed by atoms with Gasteiger partial charge in [-0.1, -0.05) is 50.9 Å². The first-order valence-electron chi connectivity index (χ1n) is 9.38. The lowest BCUT2D eigenvalue weighted by Gasteiger charge is -2.14. The molecule has 1 N–H and O–H groups in total. The standard InChI is InChI=1S/C19H33N3O3/c1-4-5-6-7-8-9-13-20-19(24)25-17-12-16-22(18(17)23)15-11-10-14-21(2)3/h17H,4-9,12-16H2,1-3H3,(H,20,24)/t17-/m0/s1. The van der Waals surface area contributed by atoms with Gasteiger partial charge in [-0.05, 0) is 20.5 Å². The van der Waals surface area contributed by atoms with Crippen LogP contribution in [0.15, 0.2) is 0 Å². The maximum absolute atomic E-state index is 12.2. The van der Waals surface area contributed by atoms with Gasteiger partial charge in [0, 0.05) is 19.5 Å². The Bertz CT molecular complexity index is 468. The van der Waals surface area contributed by atoms with Gasteiger partial charge in [0.15, 0.2) is 6.10 Å². The van der Waals surface area contributed by atoms with Gasteiger partial charge in [0.05, 0.1) is 13.1 Å². The molecule has 1 fully saturated rings. The van der Waals surface area contributed by atoms with E-state index in [0.717, 1.165) is 12.8 Å². The number of unbranched alkanes of at least 4 members (excludes halogenated alkanes) is 5. The minimum absolute atomic E-state index is 0.145. The van der Waals surface area contributed by atoms with Crippen molar-refractivity contribution >= 4 is 12.0 Å². The fourth-order valence-corrected chi connectivity index (χ4v) is 2.61. The maximum Gasteiger partial charge on any atom is 0.407 e. The van der Waals surface area contributed by atoms with Crippen LogP contribution in [0.4, 0.5) is 4.79 Å². The van der Waals surface area contributed by atoms with Crippen molar-refractivity contribution < 1.29 is 14.3 Å². The molecule has 1 atom stereocenters. The largest absolute Gasteiger partial charge is 0.436 e. The number of alkyl carbamates (subject to hydrolysis) is 1. The number of nitrogens with zero attached hydrogens (tertiary/aromatic N) is 2. The zero-order valence-corrected chi connectivity index (χ0v) is 16.0. The lowest BCUT2D eigenvalue weighted by Crippen LogP contribution is -2.35. The third-order valence-electron chi connectivity index (χ3n) is 4.09. The molecule has 2 amide bonds. The summed E-state index contributed by atoms with van der Waals surface area (Å²) in [5, 5.41) is 2.74. The number of carbonyl (C=O) groups excluding carboxylic acids is 2. The van der Waals surface area contributed by atoms with E-state index in [9.17, 15) is 9.59 Å². The molecule has 0 unspecified atom stereocenters. The number of amides is 2. The Hall–Kier alpha value is -1.74. The molecule has 1 rings (SSSR count). The van der Waals surface area contributed by atoms with E-state index in [1.165, 1.54) is 25.7 Å². The number of nitrogens with one attached hydrogen (secondary N) is 1. The Labute approximate surface area is 152 Å². The highest BCUT2D eigenvalue weighted by Crippen LogP contribution is 2.14. The van der Waals surface area contributed by atoms with E-state index in [2.05, 4.69) is 24.1 Å². The number of ether oxygens (including phenoxy) is 1. The molecule has 1 aliphatic rings. The van der Waals surface area contributed by atoms with E-state index < -0.39 is 12.2 Å². The molecule has 0 aromatic rings. The van der Waals surface area contributed by atoms with E-state index in [-0.39, 0.29) is 5.91 Å². The van der Waals surface area contributed by atoms with E-state index in [0.29, 0.717) is 32.6 Å². The van der Waals surface area contributed by atoms with Gasteiger partial charge in [0.2, 0.25) is 0 Å². The molecule has 0 aromatic heterocycles. The first-order chi connectivity index (χ1) is 12.0. The summed E-state index contributed by atoms with van der Waals surface area (Å²) >= 11 is 0. The average molecular weight is 351 g/mol. The normalized spacial score (nSPS) is 16.7. The first kappa shape index (κ1) is 21.3. The Morgan fingerprint density at radius 3 is 2.68 bits per heavy atom. The highest BCUT2D eigenvalue weighted by molar-refractivity contribution is 5.85. The van der Waals surface area contributed by atoms with Crippen molar-refractivity contribution in [2.24, 2.45) is 0 Å². The smallest absolute Gasteiger partial charge is 0.407 e.